The Balaban J connectivity index is 1.66. The van der Waals surface area contributed by atoms with Crippen molar-refractivity contribution in [3.05, 3.63) is 60.1 Å². The van der Waals surface area contributed by atoms with Crippen molar-refractivity contribution < 1.29 is 18.3 Å². The van der Waals surface area contributed by atoms with Crippen LogP contribution in [0.15, 0.2) is 42.7 Å². The van der Waals surface area contributed by atoms with E-state index in [1.165, 1.54) is 31.5 Å². The zero-order valence-corrected chi connectivity index (χ0v) is 18.0. The number of pyridine rings is 2. The van der Waals surface area contributed by atoms with Crippen molar-refractivity contribution in [3.8, 4) is 17.0 Å². The summed E-state index contributed by atoms with van der Waals surface area (Å²) in [5.41, 5.74) is 12.7. The van der Waals surface area contributed by atoms with Crippen molar-refractivity contribution in [3.63, 3.8) is 0 Å². The molecule has 0 spiro atoms. The van der Waals surface area contributed by atoms with Crippen LogP contribution in [0.3, 0.4) is 0 Å². The maximum absolute atomic E-state index is 14.7. The fourth-order valence-corrected chi connectivity index (χ4v) is 3.89. The van der Waals surface area contributed by atoms with E-state index in [2.05, 4.69) is 20.2 Å². The number of nitrogens with zero attached hydrogens (tertiary/aromatic N) is 3. The quantitative estimate of drug-likeness (QED) is 0.542. The van der Waals surface area contributed by atoms with Gasteiger partial charge in [0.05, 0.1) is 41.6 Å². The third-order valence-corrected chi connectivity index (χ3v) is 5.52. The van der Waals surface area contributed by atoms with Gasteiger partial charge in [-0.15, -0.1) is 0 Å². The van der Waals surface area contributed by atoms with Gasteiger partial charge in [-0.25, -0.2) is 13.8 Å². The monoisotopic (exact) mass is 454 g/mol. The molecule has 0 radical (unpaired) electrons. The first-order valence-electron chi connectivity index (χ1n) is 10.4. The molecule has 0 bridgehead atoms. The smallest absolute Gasteiger partial charge is 0.276 e. The number of nitrogens with one attached hydrogen (secondary N) is 1. The molecule has 0 aliphatic carbocycles. The average Bonchev–Trinajstić information content (AvgIpc) is 2.80. The molecule has 10 heteroatoms. The van der Waals surface area contributed by atoms with E-state index >= 15 is 0 Å². The lowest BCUT2D eigenvalue weighted by atomic mass is 10.1. The van der Waals surface area contributed by atoms with Gasteiger partial charge in [-0.1, -0.05) is 0 Å². The van der Waals surface area contributed by atoms with Crippen LogP contribution in [0.5, 0.6) is 5.75 Å². The molecular formula is C23H24F2N6O2. The third-order valence-electron chi connectivity index (χ3n) is 5.52. The molecule has 8 nitrogen and oxygen atoms in total. The van der Waals surface area contributed by atoms with E-state index in [-0.39, 0.29) is 28.9 Å². The molecule has 33 heavy (non-hydrogen) atoms. The van der Waals surface area contributed by atoms with Crippen LogP contribution < -0.4 is 26.4 Å². The fraction of sp³-hybridized carbons (Fsp3) is 0.261. The number of hydrogen-bond acceptors (Lipinski definition) is 7. The Bertz CT molecular complexity index is 1190. The van der Waals surface area contributed by atoms with Crippen molar-refractivity contribution in [1.29, 1.82) is 0 Å². The first kappa shape index (κ1) is 22.4. The molecule has 3 aromatic rings. The Kier molecular flexibility index (Phi) is 6.36. The highest BCUT2D eigenvalue weighted by molar-refractivity contribution is 6.08. The highest BCUT2D eigenvalue weighted by atomic mass is 19.1. The number of methoxy groups -OCH3 is 1. The predicted molar refractivity (Wildman–Crippen MR) is 122 cm³/mol. The lowest BCUT2D eigenvalue weighted by molar-refractivity contribution is 0.102. The minimum atomic E-state index is -0.919. The van der Waals surface area contributed by atoms with Gasteiger partial charge in [0.2, 0.25) is 0 Å². The zero-order chi connectivity index (χ0) is 23.5. The van der Waals surface area contributed by atoms with Gasteiger partial charge < -0.3 is 26.4 Å². The Morgan fingerprint density at radius 2 is 2.06 bits per heavy atom. The van der Waals surface area contributed by atoms with Crippen molar-refractivity contribution in [2.75, 3.05) is 36.1 Å². The maximum Gasteiger partial charge on any atom is 0.276 e. The Hall–Kier alpha value is -3.79. The van der Waals surface area contributed by atoms with Crippen molar-refractivity contribution in [2.45, 2.75) is 18.9 Å². The summed E-state index contributed by atoms with van der Waals surface area (Å²) in [5.74, 6) is -2.53. The summed E-state index contributed by atoms with van der Waals surface area (Å²) < 4.78 is 34.1. The van der Waals surface area contributed by atoms with Gasteiger partial charge in [0.15, 0.2) is 17.3 Å². The summed E-state index contributed by atoms with van der Waals surface area (Å²) >= 11 is 0. The molecule has 1 fully saturated rings. The molecule has 1 aromatic carbocycles. The van der Waals surface area contributed by atoms with Gasteiger partial charge in [0.1, 0.15) is 5.82 Å². The molecule has 2 aromatic heterocycles. The van der Waals surface area contributed by atoms with Gasteiger partial charge in [-0.05, 0) is 43.2 Å². The van der Waals surface area contributed by atoms with Crippen molar-refractivity contribution in [2.24, 2.45) is 5.73 Å². The number of halogens is 2. The first-order chi connectivity index (χ1) is 15.9. The second kappa shape index (κ2) is 9.37. The van der Waals surface area contributed by atoms with Crippen LogP contribution in [0.1, 0.15) is 23.3 Å². The van der Waals surface area contributed by atoms with E-state index in [9.17, 15) is 13.6 Å². The van der Waals surface area contributed by atoms with E-state index in [1.807, 2.05) is 0 Å². The summed E-state index contributed by atoms with van der Waals surface area (Å²) in [5, 5.41) is 2.77. The summed E-state index contributed by atoms with van der Waals surface area (Å²) in [6, 6.07) is 6.80. The highest BCUT2D eigenvalue weighted by Crippen LogP contribution is 2.32. The number of benzene rings is 1. The first-order valence-corrected chi connectivity index (χ1v) is 10.4. The minimum absolute atomic E-state index is 0.0390. The van der Waals surface area contributed by atoms with Crippen molar-refractivity contribution >= 4 is 23.0 Å². The van der Waals surface area contributed by atoms with Gasteiger partial charge in [-0.2, -0.15) is 0 Å². The molecule has 1 atom stereocenters. The van der Waals surface area contributed by atoms with Crippen LogP contribution in [0.25, 0.3) is 11.3 Å². The molecule has 5 N–H and O–H groups in total. The lowest BCUT2D eigenvalue weighted by Gasteiger charge is -2.33. The number of carbonyl (C=O) groups is 1. The number of carbonyl (C=O) groups excluding carboxylic acids is 1. The number of amides is 1. The molecule has 3 heterocycles. The van der Waals surface area contributed by atoms with E-state index in [0.29, 0.717) is 12.2 Å². The molecule has 1 unspecified atom stereocenters. The van der Waals surface area contributed by atoms with Gasteiger partial charge in [0.25, 0.3) is 5.91 Å². The number of nitrogen functional groups attached to an aromatic ring is 1. The minimum Gasteiger partial charge on any atom is -0.494 e. The largest absolute Gasteiger partial charge is 0.494 e. The summed E-state index contributed by atoms with van der Waals surface area (Å²) in [4.78, 5) is 23.4. The van der Waals surface area contributed by atoms with E-state index < -0.39 is 23.1 Å². The molecule has 4 rings (SSSR count). The molecule has 1 aliphatic heterocycles. The predicted octanol–water partition coefficient (Wildman–Crippen LogP) is 3.19. The highest BCUT2D eigenvalue weighted by Gasteiger charge is 2.23. The second-order valence-electron chi connectivity index (χ2n) is 7.77. The number of piperidine rings is 1. The van der Waals surface area contributed by atoms with E-state index in [1.54, 1.807) is 12.3 Å². The number of aromatic nitrogens is 2. The van der Waals surface area contributed by atoms with Crippen LogP contribution >= 0.6 is 0 Å². The molecular weight excluding hydrogens is 430 g/mol. The molecule has 1 saturated heterocycles. The van der Waals surface area contributed by atoms with Crippen LogP contribution in [0.4, 0.5) is 25.8 Å². The number of anilines is 3. The number of rotatable bonds is 5. The van der Waals surface area contributed by atoms with Crippen LogP contribution in [0, 0.1) is 11.6 Å². The van der Waals surface area contributed by atoms with Crippen LogP contribution in [-0.2, 0) is 0 Å². The van der Waals surface area contributed by atoms with Gasteiger partial charge >= 0.3 is 0 Å². The van der Waals surface area contributed by atoms with Gasteiger partial charge in [0, 0.05) is 25.3 Å². The molecule has 0 saturated carbocycles. The number of nitrogens with two attached hydrogens (primary N) is 2. The second-order valence-corrected chi connectivity index (χ2v) is 7.77. The molecule has 172 valence electrons. The third kappa shape index (κ3) is 4.56. The Morgan fingerprint density at radius 1 is 1.24 bits per heavy atom. The van der Waals surface area contributed by atoms with E-state index in [0.717, 1.165) is 31.1 Å². The fourth-order valence-electron chi connectivity index (χ4n) is 3.89. The summed E-state index contributed by atoms with van der Waals surface area (Å²) in [6.45, 7) is 1.45. The standard InChI is InChI=1S/C23H24F2N6O2/c1-33-19-7-4-14(24)20(21(19)25)16-6-5-15(27)22(29-16)23(32)30-17-11-28-9-8-18(17)31-10-2-3-13(26)12-31/h4-9,11,13H,2-3,10,12,26-27H2,1H3,(H,30,32). The molecule has 1 aliphatic rings. The molecule has 1 amide bonds. The Morgan fingerprint density at radius 3 is 2.82 bits per heavy atom. The lowest BCUT2D eigenvalue weighted by Crippen LogP contribution is -2.43. The number of ether oxygens (including phenoxy) is 1. The topological polar surface area (TPSA) is 119 Å². The number of hydrogen-bond donors (Lipinski definition) is 3. The van der Waals surface area contributed by atoms with Crippen molar-refractivity contribution in [1.82, 2.24) is 9.97 Å². The van der Waals surface area contributed by atoms with Crippen LogP contribution in [0.2, 0.25) is 0 Å². The average molecular weight is 454 g/mol. The summed E-state index contributed by atoms with van der Waals surface area (Å²) in [6.07, 6.45) is 5.03. The SMILES string of the molecule is COc1ccc(F)c(-c2ccc(N)c(C(=O)Nc3cnccc3N3CCCC(N)C3)n2)c1F. The Labute approximate surface area is 189 Å². The maximum atomic E-state index is 14.7. The van der Waals surface area contributed by atoms with Crippen LogP contribution in [-0.4, -0.2) is 42.1 Å². The zero-order valence-electron chi connectivity index (χ0n) is 18.0. The normalized spacial score (nSPS) is 15.9. The summed E-state index contributed by atoms with van der Waals surface area (Å²) in [7, 11) is 1.27. The van der Waals surface area contributed by atoms with E-state index in [4.69, 9.17) is 16.2 Å². The van der Waals surface area contributed by atoms with Gasteiger partial charge in [-0.3, -0.25) is 9.78 Å².